The van der Waals surface area contributed by atoms with Crippen molar-refractivity contribution in [2.24, 2.45) is 5.92 Å². The molecule has 10 nitrogen and oxygen atoms in total. The van der Waals surface area contributed by atoms with Crippen molar-refractivity contribution in [2.75, 3.05) is 6.61 Å². The Labute approximate surface area is 189 Å². The van der Waals surface area contributed by atoms with Crippen LogP contribution in [0.25, 0.3) is 32.3 Å². The molecule has 33 heavy (non-hydrogen) atoms. The molecular weight excluding hydrogens is 496 g/mol. The summed E-state index contributed by atoms with van der Waals surface area (Å²) in [5.41, 5.74) is 0. The van der Waals surface area contributed by atoms with Gasteiger partial charge in [-0.25, -0.2) is 0 Å². The summed E-state index contributed by atoms with van der Waals surface area (Å²) >= 11 is 0. The predicted molar refractivity (Wildman–Crippen MR) is 120 cm³/mol. The minimum absolute atomic E-state index is 0.0312. The van der Waals surface area contributed by atoms with Gasteiger partial charge >= 0.3 is 0 Å². The Kier molecular flexibility index (Phi) is 5.35. The van der Waals surface area contributed by atoms with Gasteiger partial charge in [0.1, 0.15) is 20.4 Å². The maximum Gasteiger partial charge on any atom is 0.295 e. The highest BCUT2D eigenvalue weighted by atomic mass is 32.2. The summed E-state index contributed by atoms with van der Waals surface area (Å²) in [5, 5.41) is 0.0868. The molecule has 0 aliphatic carbocycles. The molecule has 0 aliphatic heterocycles. The fraction of sp³-hybridized carbons (Fsp3) is 0.200. The van der Waals surface area contributed by atoms with Crippen molar-refractivity contribution in [3.63, 3.8) is 0 Å². The van der Waals surface area contributed by atoms with Gasteiger partial charge in [0.25, 0.3) is 30.4 Å². The smallest absolute Gasteiger partial charge is 0.295 e. The molecule has 13 heteroatoms. The quantitative estimate of drug-likeness (QED) is 0.256. The van der Waals surface area contributed by atoms with E-state index in [1.54, 1.807) is 0 Å². The maximum absolute atomic E-state index is 12.2. The van der Waals surface area contributed by atoms with Crippen LogP contribution in [-0.2, 0) is 30.4 Å². The molecule has 3 N–H and O–H groups in total. The first-order valence-electron chi connectivity index (χ1n) is 9.44. The number of rotatable bonds is 6. The first-order valence-corrected chi connectivity index (χ1v) is 13.8. The highest BCUT2D eigenvalue weighted by molar-refractivity contribution is 7.87. The van der Waals surface area contributed by atoms with Gasteiger partial charge in [0.05, 0.1) is 6.61 Å². The molecule has 0 saturated carbocycles. The van der Waals surface area contributed by atoms with E-state index in [0.717, 1.165) is 6.07 Å². The first kappa shape index (κ1) is 23.6. The van der Waals surface area contributed by atoms with Crippen molar-refractivity contribution in [2.45, 2.75) is 28.5 Å². The van der Waals surface area contributed by atoms with E-state index in [9.17, 15) is 38.9 Å². The zero-order valence-corrected chi connectivity index (χ0v) is 19.6. The van der Waals surface area contributed by atoms with Crippen LogP contribution in [0.15, 0.2) is 51.1 Å². The molecule has 0 unspecified atom stereocenters. The third-order valence-corrected chi connectivity index (χ3v) is 7.83. The van der Waals surface area contributed by atoms with Gasteiger partial charge in [-0.15, -0.1) is 0 Å². The highest BCUT2D eigenvalue weighted by Crippen LogP contribution is 2.45. The second kappa shape index (κ2) is 7.48. The van der Waals surface area contributed by atoms with E-state index in [2.05, 4.69) is 0 Å². The fourth-order valence-electron chi connectivity index (χ4n) is 3.88. The van der Waals surface area contributed by atoms with Crippen LogP contribution in [0.2, 0.25) is 0 Å². The molecule has 4 rings (SSSR count). The van der Waals surface area contributed by atoms with Crippen molar-refractivity contribution >= 4 is 62.7 Å². The average molecular weight is 515 g/mol. The van der Waals surface area contributed by atoms with Crippen LogP contribution in [0.4, 0.5) is 0 Å². The highest BCUT2D eigenvalue weighted by Gasteiger charge is 2.28. The fourth-order valence-corrected chi connectivity index (χ4v) is 6.09. The lowest BCUT2D eigenvalue weighted by molar-refractivity contribution is 0.273. The third-order valence-electron chi connectivity index (χ3n) is 5.15. The van der Waals surface area contributed by atoms with E-state index in [4.69, 9.17) is 4.74 Å². The largest absolute Gasteiger partial charge is 0.493 e. The van der Waals surface area contributed by atoms with E-state index in [0.29, 0.717) is 11.5 Å². The Morgan fingerprint density at radius 3 is 1.42 bits per heavy atom. The van der Waals surface area contributed by atoms with Crippen LogP contribution < -0.4 is 4.74 Å². The van der Waals surface area contributed by atoms with E-state index in [-0.39, 0.29) is 45.2 Å². The molecule has 0 atom stereocenters. The van der Waals surface area contributed by atoms with E-state index >= 15 is 0 Å². The molecule has 0 aliphatic rings. The molecule has 0 spiro atoms. The molecule has 0 radical (unpaired) electrons. The topological polar surface area (TPSA) is 172 Å². The molecular formula is C20H18O10S3. The Morgan fingerprint density at radius 2 is 1.03 bits per heavy atom. The SMILES string of the molecule is CC(C)COc1cc(S(=O)(=O)O)c2ccc3c(S(=O)(=O)O)cc(S(=O)(=O)O)c4ccc1c2c43. The van der Waals surface area contributed by atoms with Crippen LogP contribution in [0.3, 0.4) is 0 Å². The summed E-state index contributed by atoms with van der Waals surface area (Å²) < 4.78 is 108. The second-order valence-electron chi connectivity index (χ2n) is 7.95. The van der Waals surface area contributed by atoms with Gasteiger partial charge in [0.2, 0.25) is 0 Å². The molecule has 4 aromatic rings. The lowest BCUT2D eigenvalue weighted by atomic mass is 9.93. The van der Waals surface area contributed by atoms with Crippen LogP contribution >= 0.6 is 0 Å². The minimum atomic E-state index is -4.96. The number of hydrogen-bond donors (Lipinski definition) is 3. The summed E-state index contributed by atoms with van der Waals surface area (Å²) in [6.45, 7) is 3.90. The Bertz CT molecular complexity index is 1700. The lowest BCUT2D eigenvalue weighted by Gasteiger charge is -2.19. The summed E-state index contributed by atoms with van der Waals surface area (Å²) in [4.78, 5) is -2.12. The molecule has 176 valence electrons. The number of ether oxygens (including phenoxy) is 1. The van der Waals surface area contributed by atoms with E-state index < -0.39 is 45.0 Å². The van der Waals surface area contributed by atoms with Gasteiger partial charge in [-0.3, -0.25) is 13.7 Å². The van der Waals surface area contributed by atoms with E-state index in [1.165, 1.54) is 24.3 Å². The molecule has 0 bridgehead atoms. The van der Waals surface area contributed by atoms with Crippen molar-refractivity contribution in [3.05, 3.63) is 36.4 Å². The third kappa shape index (κ3) is 4.00. The number of hydrogen-bond acceptors (Lipinski definition) is 7. The lowest BCUT2D eigenvalue weighted by Crippen LogP contribution is -2.08. The van der Waals surface area contributed by atoms with Gasteiger partial charge in [0, 0.05) is 38.4 Å². The van der Waals surface area contributed by atoms with Gasteiger partial charge in [-0.1, -0.05) is 32.0 Å². The van der Waals surface area contributed by atoms with Gasteiger partial charge < -0.3 is 4.74 Å². The summed E-state index contributed by atoms with van der Waals surface area (Å²) in [7, 11) is -14.7. The van der Waals surface area contributed by atoms with Gasteiger partial charge in [-0.2, -0.15) is 25.3 Å². The van der Waals surface area contributed by atoms with Crippen LogP contribution in [0.5, 0.6) is 5.75 Å². The monoisotopic (exact) mass is 514 g/mol. The van der Waals surface area contributed by atoms with Crippen molar-refractivity contribution in [1.82, 2.24) is 0 Å². The molecule has 4 aromatic carbocycles. The standard InChI is InChI=1S/C20H18O10S3/c1-10(2)9-30-15-7-16(31(21,22)23)12-5-6-14-18(33(27,28)29)8-17(32(24,25)26)13-4-3-11(15)19(12)20(13)14/h3-8,10H,9H2,1-2H3,(H,21,22,23)(H,24,25,26)(H,27,28,29). The maximum atomic E-state index is 12.2. The minimum Gasteiger partial charge on any atom is -0.493 e. The summed E-state index contributed by atoms with van der Waals surface area (Å²) in [6, 6.07) is 6.94. The summed E-state index contributed by atoms with van der Waals surface area (Å²) in [6.07, 6.45) is 0. The zero-order valence-electron chi connectivity index (χ0n) is 17.2. The second-order valence-corrected chi connectivity index (χ2v) is 12.1. The molecule has 0 saturated heterocycles. The molecule has 0 fully saturated rings. The van der Waals surface area contributed by atoms with Crippen molar-refractivity contribution < 1.29 is 43.6 Å². The average Bonchev–Trinajstić information content (AvgIpc) is 2.67. The molecule has 0 aromatic heterocycles. The van der Waals surface area contributed by atoms with Crippen LogP contribution in [-0.4, -0.2) is 45.5 Å². The van der Waals surface area contributed by atoms with Crippen molar-refractivity contribution in [3.8, 4) is 5.75 Å². The summed E-state index contributed by atoms with van der Waals surface area (Å²) in [5.74, 6) is 0.110. The Balaban J connectivity index is 2.35. The number of benzene rings is 4. The van der Waals surface area contributed by atoms with Gasteiger partial charge in [-0.05, 0) is 18.1 Å². The van der Waals surface area contributed by atoms with Crippen molar-refractivity contribution in [1.29, 1.82) is 0 Å². The Morgan fingerprint density at radius 1 is 0.667 bits per heavy atom. The Hall–Kier alpha value is -2.55. The molecule has 0 amide bonds. The predicted octanol–water partition coefficient (Wildman–Crippen LogP) is 3.36. The van der Waals surface area contributed by atoms with Gasteiger partial charge in [0.15, 0.2) is 0 Å². The van der Waals surface area contributed by atoms with Crippen LogP contribution in [0, 0.1) is 5.92 Å². The zero-order chi connectivity index (χ0) is 24.5. The first-order chi connectivity index (χ1) is 15.1. The normalized spacial score (nSPS) is 13.5. The van der Waals surface area contributed by atoms with Crippen LogP contribution in [0.1, 0.15) is 13.8 Å². The molecule has 0 heterocycles. The van der Waals surface area contributed by atoms with E-state index in [1.807, 2.05) is 13.8 Å².